The predicted molar refractivity (Wildman–Crippen MR) is 71.1 cm³/mol. The number of nitrogens with zero attached hydrogens (tertiary/aromatic N) is 3. The van der Waals surface area contributed by atoms with Crippen LogP contribution in [0.5, 0.6) is 0 Å². The van der Waals surface area contributed by atoms with Gasteiger partial charge >= 0.3 is 0 Å². The Bertz CT molecular complexity index is 504. The fourth-order valence-corrected chi connectivity index (χ4v) is 3.63. The highest BCUT2D eigenvalue weighted by atomic mass is 32.2. The van der Waals surface area contributed by atoms with Crippen molar-refractivity contribution in [1.29, 1.82) is 0 Å². The van der Waals surface area contributed by atoms with Crippen molar-refractivity contribution in [1.82, 2.24) is 14.1 Å². The van der Waals surface area contributed by atoms with Crippen LogP contribution in [0.2, 0.25) is 0 Å². The molecule has 1 aromatic heterocycles. The van der Waals surface area contributed by atoms with E-state index < -0.39 is 10.0 Å². The van der Waals surface area contributed by atoms with Gasteiger partial charge in [-0.05, 0) is 25.2 Å². The number of rotatable bonds is 5. The first-order chi connectivity index (χ1) is 9.04. The van der Waals surface area contributed by atoms with Crippen LogP contribution in [0.1, 0.15) is 26.2 Å². The van der Waals surface area contributed by atoms with Gasteiger partial charge in [-0.1, -0.05) is 6.92 Å². The first-order valence-corrected chi connectivity index (χ1v) is 8.11. The Labute approximate surface area is 114 Å². The van der Waals surface area contributed by atoms with Gasteiger partial charge in [-0.3, -0.25) is 4.68 Å². The van der Waals surface area contributed by atoms with Gasteiger partial charge in [0, 0.05) is 32.4 Å². The zero-order valence-corrected chi connectivity index (χ0v) is 12.0. The standard InChI is InChI=1S/C12H21N3O3S/c1-11-3-6-15(7-4-11)19(17,18)12-9-13-14(10-12)5-2-8-16/h9-11,16H,2-8H2,1H3. The lowest BCUT2D eigenvalue weighted by Crippen LogP contribution is -2.37. The lowest BCUT2D eigenvalue weighted by molar-refractivity contribution is 0.277. The van der Waals surface area contributed by atoms with E-state index in [0.717, 1.165) is 12.8 Å². The molecule has 7 heteroatoms. The van der Waals surface area contributed by atoms with Crippen LogP contribution in [0.4, 0.5) is 0 Å². The third kappa shape index (κ3) is 3.34. The van der Waals surface area contributed by atoms with Crippen LogP contribution < -0.4 is 0 Å². The van der Waals surface area contributed by atoms with Gasteiger partial charge in [0.05, 0.1) is 6.20 Å². The number of sulfonamides is 1. The molecule has 0 atom stereocenters. The Morgan fingerprint density at radius 1 is 1.42 bits per heavy atom. The highest BCUT2D eigenvalue weighted by molar-refractivity contribution is 7.89. The van der Waals surface area contributed by atoms with Gasteiger partial charge in [-0.25, -0.2) is 8.42 Å². The monoisotopic (exact) mass is 287 g/mol. The molecule has 1 aliphatic rings. The van der Waals surface area contributed by atoms with Gasteiger partial charge < -0.3 is 5.11 Å². The lowest BCUT2D eigenvalue weighted by Gasteiger charge is -2.28. The number of aliphatic hydroxyl groups excluding tert-OH is 1. The molecule has 19 heavy (non-hydrogen) atoms. The number of aryl methyl sites for hydroxylation is 1. The van der Waals surface area contributed by atoms with Gasteiger partial charge in [0.1, 0.15) is 4.90 Å². The first-order valence-electron chi connectivity index (χ1n) is 6.67. The highest BCUT2D eigenvalue weighted by Crippen LogP contribution is 2.22. The maximum Gasteiger partial charge on any atom is 0.246 e. The molecule has 0 amide bonds. The topological polar surface area (TPSA) is 75.4 Å². The Morgan fingerprint density at radius 3 is 2.74 bits per heavy atom. The summed E-state index contributed by atoms with van der Waals surface area (Å²) < 4.78 is 27.9. The number of aliphatic hydroxyl groups is 1. The van der Waals surface area contributed by atoms with Crippen LogP contribution >= 0.6 is 0 Å². The minimum atomic E-state index is -3.40. The molecule has 0 aromatic carbocycles. The molecule has 0 saturated carbocycles. The van der Waals surface area contributed by atoms with E-state index in [9.17, 15) is 8.42 Å². The Kier molecular flexibility index (Phi) is 4.59. The summed E-state index contributed by atoms with van der Waals surface area (Å²) in [6.45, 7) is 3.93. The molecule has 6 nitrogen and oxygen atoms in total. The minimum absolute atomic E-state index is 0.0754. The van der Waals surface area contributed by atoms with Crippen LogP contribution in [0, 0.1) is 5.92 Å². The molecule has 0 aliphatic carbocycles. The van der Waals surface area contributed by atoms with Crippen LogP contribution in [0.15, 0.2) is 17.3 Å². The summed E-state index contributed by atoms with van der Waals surface area (Å²) in [4.78, 5) is 0.250. The zero-order valence-electron chi connectivity index (χ0n) is 11.2. The largest absolute Gasteiger partial charge is 0.396 e. The molecule has 0 radical (unpaired) electrons. The van der Waals surface area contributed by atoms with E-state index in [1.165, 1.54) is 6.20 Å². The molecule has 2 rings (SSSR count). The zero-order chi connectivity index (χ0) is 13.9. The number of aromatic nitrogens is 2. The molecule has 0 spiro atoms. The summed E-state index contributed by atoms with van der Waals surface area (Å²) in [6, 6.07) is 0. The second-order valence-electron chi connectivity index (χ2n) is 5.10. The second kappa shape index (κ2) is 6.02. The fraction of sp³-hybridized carbons (Fsp3) is 0.750. The normalized spacial score (nSPS) is 18.8. The minimum Gasteiger partial charge on any atom is -0.396 e. The number of piperidine rings is 1. The average Bonchev–Trinajstić information content (AvgIpc) is 2.86. The summed E-state index contributed by atoms with van der Waals surface area (Å²) in [5.41, 5.74) is 0. The van der Waals surface area contributed by atoms with Gasteiger partial charge in [0.2, 0.25) is 10.0 Å². The SMILES string of the molecule is CC1CCN(S(=O)(=O)c2cnn(CCCO)c2)CC1. The van der Waals surface area contributed by atoms with Crippen LogP contribution in [-0.2, 0) is 16.6 Å². The fourth-order valence-electron chi connectivity index (χ4n) is 2.21. The quantitative estimate of drug-likeness (QED) is 0.864. The smallest absolute Gasteiger partial charge is 0.246 e. The van der Waals surface area contributed by atoms with Gasteiger partial charge in [-0.2, -0.15) is 9.40 Å². The third-order valence-corrected chi connectivity index (χ3v) is 5.39. The average molecular weight is 287 g/mol. The first kappa shape index (κ1) is 14.5. The summed E-state index contributed by atoms with van der Waals surface area (Å²) in [6.07, 6.45) is 5.34. The molecule has 1 aliphatic heterocycles. The maximum absolute atomic E-state index is 12.4. The Balaban J connectivity index is 2.08. The van der Waals surface area contributed by atoms with E-state index in [0.29, 0.717) is 32.0 Å². The van der Waals surface area contributed by atoms with Crippen molar-refractivity contribution >= 4 is 10.0 Å². The molecule has 1 aromatic rings. The molecule has 108 valence electrons. The van der Waals surface area contributed by atoms with Gasteiger partial charge in [0.25, 0.3) is 0 Å². The van der Waals surface area contributed by atoms with E-state index in [4.69, 9.17) is 5.11 Å². The van der Waals surface area contributed by atoms with Crippen LogP contribution in [0.25, 0.3) is 0 Å². The molecule has 1 N–H and O–H groups in total. The number of hydrogen-bond acceptors (Lipinski definition) is 4. The van der Waals surface area contributed by atoms with E-state index in [2.05, 4.69) is 12.0 Å². The lowest BCUT2D eigenvalue weighted by atomic mass is 10.0. The summed E-state index contributed by atoms with van der Waals surface area (Å²) in [5, 5.41) is 12.8. The van der Waals surface area contributed by atoms with Gasteiger partial charge in [0.15, 0.2) is 0 Å². The third-order valence-electron chi connectivity index (χ3n) is 3.54. The summed E-state index contributed by atoms with van der Waals surface area (Å²) >= 11 is 0. The van der Waals surface area contributed by atoms with Crippen molar-refractivity contribution in [2.75, 3.05) is 19.7 Å². The van der Waals surface area contributed by atoms with E-state index in [1.807, 2.05) is 0 Å². The van der Waals surface area contributed by atoms with Gasteiger partial charge in [-0.15, -0.1) is 0 Å². The van der Waals surface area contributed by atoms with Crippen molar-refractivity contribution in [2.45, 2.75) is 37.6 Å². The molecule has 1 saturated heterocycles. The van der Waals surface area contributed by atoms with Crippen molar-refractivity contribution in [3.63, 3.8) is 0 Å². The Hall–Kier alpha value is -0.920. The summed E-state index contributed by atoms with van der Waals surface area (Å²) in [5.74, 6) is 0.596. The Morgan fingerprint density at radius 2 is 2.11 bits per heavy atom. The molecule has 1 fully saturated rings. The highest BCUT2D eigenvalue weighted by Gasteiger charge is 2.28. The van der Waals surface area contributed by atoms with E-state index >= 15 is 0 Å². The van der Waals surface area contributed by atoms with Crippen LogP contribution in [-0.4, -0.2) is 47.3 Å². The maximum atomic E-state index is 12.4. The van der Waals surface area contributed by atoms with Crippen molar-refractivity contribution < 1.29 is 13.5 Å². The molecular formula is C12H21N3O3S. The van der Waals surface area contributed by atoms with E-state index in [-0.39, 0.29) is 11.5 Å². The second-order valence-corrected chi connectivity index (χ2v) is 7.04. The molecular weight excluding hydrogens is 266 g/mol. The predicted octanol–water partition coefficient (Wildman–Crippen LogP) is 0.686. The molecule has 0 unspecified atom stereocenters. The van der Waals surface area contributed by atoms with E-state index in [1.54, 1.807) is 15.2 Å². The number of hydrogen-bond donors (Lipinski definition) is 1. The van der Waals surface area contributed by atoms with Crippen molar-refractivity contribution in [3.05, 3.63) is 12.4 Å². The summed E-state index contributed by atoms with van der Waals surface area (Å²) in [7, 11) is -3.40. The molecule has 2 heterocycles. The van der Waals surface area contributed by atoms with Crippen molar-refractivity contribution in [2.24, 2.45) is 5.92 Å². The van der Waals surface area contributed by atoms with Crippen LogP contribution in [0.3, 0.4) is 0 Å². The molecule has 0 bridgehead atoms. The van der Waals surface area contributed by atoms with Crippen molar-refractivity contribution in [3.8, 4) is 0 Å².